The lowest BCUT2D eigenvalue weighted by Gasteiger charge is -2.12. The molecule has 1 aromatic heterocycles. The fourth-order valence-corrected chi connectivity index (χ4v) is 1.76. The number of phenols is 1. The number of anilines is 1. The van der Waals surface area contributed by atoms with E-state index < -0.39 is 0 Å². The molecule has 0 spiro atoms. The van der Waals surface area contributed by atoms with Gasteiger partial charge in [0.1, 0.15) is 11.5 Å². The molecule has 2 N–H and O–H groups in total. The van der Waals surface area contributed by atoms with E-state index in [-0.39, 0.29) is 11.8 Å². The van der Waals surface area contributed by atoms with Crippen LogP contribution in [0.15, 0.2) is 45.5 Å². The monoisotopic (exact) mass is 281 g/mol. The Hall–Kier alpha value is -1.42. The first-order valence-electron chi connectivity index (χ1n) is 4.96. The van der Waals surface area contributed by atoms with Gasteiger partial charge in [-0.25, -0.2) is 0 Å². The third kappa shape index (κ3) is 2.58. The van der Waals surface area contributed by atoms with Crippen LogP contribution in [-0.4, -0.2) is 5.11 Å². The first-order chi connectivity index (χ1) is 7.65. The molecule has 1 heterocycles. The molecule has 0 amide bonds. The maximum absolute atomic E-state index is 9.16. The Kier molecular flexibility index (Phi) is 3.19. The number of hydrogen-bond acceptors (Lipinski definition) is 3. The quantitative estimate of drug-likeness (QED) is 0.839. The van der Waals surface area contributed by atoms with E-state index in [0.29, 0.717) is 0 Å². The second-order valence-electron chi connectivity index (χ2n) is 3.55. The summed E-state index contributed by atoms with van der Waals surface area (Å²) in [5.74, 6) is 1.12. The van der Waals surface area contributed by atoms with Crippen LogP contribution in [0.25, 0.3) is 0 Å². The zero-order valence-corrected chi connectivity index (χ0v) is 10.4. The van der Waals surface area contributed by atoms with Gasteiger partial charge in [0.05, 0.1) is 6.04 Å². The highest BCUT2D eigenvalue weighted by Crippen LogP contribution is 2.24. The van der Waals surface area contributed by atoms with Gasteiger partial charge in [0.2, 0.25) is 0 Å². The van der Waals surface area contributed by atoms with Crippen LogP contribution in [0, 0.1) is 0 Å². The van der Waals surface area contributed by atoms with Crippen LogP contribution in [0.2, 0.25) is 0 Å². The van der Waals surface area contributed by atoms with Crippen molar-refractivity contribution in [3.8, 4) is 5.75 Å². The number of halogens is 1. The van der Waals surface area contributed by atoms with Gasteiger partial charge in [0.25, 0.3) is 0 Å². The number of hydrogen-bond donors (Lipinski definition) is 2. The molecule has 0 aliphatic heterocycles. The number of furan rings is 1. The Morgan fingerprint density at radius 3 is 2.44 bits per heavy atom. The highest BCUT2D eigenvalue weighted by molar-refractivity contribution is 9.10. The van der Waals surface area contributed by atoms with Crippen molar-refractivity contribution < 1.29 is 9.52 Å². The molecule has 3 nitrogen and oxygen atoms in total. The van der Waals surface area contributed by atoms with Gasteiger partial charge >= 0.3 is 0 Å². The Labute approximate surface area is 102 Å². The topological polar surface area (TPSA) is 45.4 Å². The summed E-state index contributed by atoms with van der Waals surface area (Å²) in [4.78, 5) is 0. The number of nitrogens with one attached hydrogen (secondary N) is 1. The molecule has 0 fully saturated rings. The van der Waals surface area contributed by atoms with E-state index in [9.17, 15) is 0 Å². The Bertz CT molecular complexity index is 464. The zero-order chi connectivity index (χ0) is 11.5. The lowest BCUT2D eigenvalue weighted by Crippen LogP contribution is -2.04. The van der Waals surface area contributed by atoms with Gasteiger partial charge < -0.3 is 14.8 Å². The van der Waals surface area contributed by atoms with E-state index in [1.807, 2.05) is 31.2 Å². The number of rotatable bonds is 3. The molecule has 0 bridgehead atoms. The van der Waals surface area contributed by atoms with Crippen molar-refractivity contribution in [2.24, 2.45) is 0 Å². The van der Waals surface area contributed by atoms with Crippen molar-refractivity contribution in [1.82, 2.24) is 0 Å². The van der Waals surface area contributed by atoms with Crippen molar-refractivity contribution in [2.45, 2.75) is 13.0 Å². The van der Waals surface area contributed by atoms with Crippen LogP contribution in [0.3, 0.4) is 0 Å². The first-order valence-corrected chi connectivity index (χ1v) is 5.75. The predicted molar refractivity (Wildman–Crippen MR) is 66.6 cm³/mol. The van der Waals surface area contributed by atoms with Crippen LogP contribution < -0.4 is 5.32 Å². The van der Waals surface area contributed by atoms with Crippen molar-refractivity contribution >= 4 is 21.6 Å². The summed E-state index contributed by atoms with van der Waals surface area (Å²) < 4.78 is 6.17. The summed E-state index contributed by atoms with van der Waals surface area (Å²) in [6, 6.07) is 10.8. The maximum Gasteiger partial charge on any atom is 0.169 e. The third-order valence-electron chi connectivity index (χ3n) is 2.27. The Morgan fingerprint density at radius 2 is 1.88 bits per heavy atom. The lowest BCUT2D eigenvalue weighted by atomic mass is 10.2. The van der Waals surface area contributed by atoms with E-state index >= 15 is 0 Å². The van der Waals surface area contributed by atoms with E-state index in [2.05, 4.69) is 21.2 Å². The summed E-state index contributed by atoms with van der Waals surface area (Å²) in [6.45, 7) is 2.01. The molecule has 0 saturated carbocycles. The molecule has 0 aliphatic carbocycles. The molecule has 1 aromatic carbocycles. The summed E-state index contributed by atoms with van der Waals surface area (Å²) in [7, 11) is 0. The Balaban J connectivity index is 2.07. The number of aromatic hydroxyl groups is 1. The van der Waals surface area contributed by atoms with E-state index in [1.54, 1.807) is 12.1 Å². The fourth-order valence-electron chi connectivity index (χ4n) is 1.44. The molecular weight excluding hydrogens is 270 g/mol. The minimum absolute atomic E-state index is 0.0795. The average Bonchev–Trinajstić information content (AvgIpc) is 2.68. The molecule has 16 heavy (non-hydrogen) atoms. The molecule has 0 saturated heterocycles. The van der Waals surface area contributed by atoms with Crippen molar-refractivity contribution in [1.29, 1.82) is 0 Å². The van der Waals surface area contributed by atoms with Crippen molar-refractivity contribution in [3.05, 3.63) is 46.8 Å². The normalized spacial score (nSPS) is 12.4. The summed E-state index contributed by atoms with van der Waals surface area (Å²) in [6.07, 6.45) is 0. The molecule has 2 rings (SSSR count). The minimum Gasteiger partial charge on any atom is -0.508 e. The first kappa shape index (κ1) is 11.1. The zero-order valence-electron chi connectivity index (χ0n) is 8.77. The van der Waals surface area contributed by atoms with Crippen LogP contribution in [0.5, 0.6) is 5.75 Å². The summed E-state index contributed by atoms with van der Waals surface area (Å²) >= 11 is 3.27. The SMILES string of the molecule is CC(Nc1ccc(O)cc1)c1ccc(Br)o1. The van der Waals surface area contributed by atoms with Crippen LogP contribution in [-0.2, 0) is 0 Å². The van der Waals surface area contributed by atoms with Gasteiger partial charge in [-0.1, -0.05) is 0 Å². The van der Waals surface area contributed by atoms with Gasteiger partial charge in [0, 0.05) is 5.69 Å². The van der Waals surface area contributed by atoms with Crippen molar-refractivity contribution in [2.75, 3.05) is 5.32 Å². The Morgan fingerprint density at radius 1 is 1.19 bits per heavy atom. The van der Waals surface area contributed by atoms with Gasteiger partial charge in [-0.3, -0.25) is 0 Å². The fraction of sp³-hybridized carbons (Fsp3) is 0.167. The summed E-state index contributed by atoms with van der Waals surface area (Å²) in [5.41, 5.74) is 0.942. The molecule has 4 heteroatoms. The standard InChI is InChI=1S/C12H12BrNO2/c1-8(11-6-7-12(13)16-11)14-9-2-4-10(15)5-3-9/h2-8,14-15H,1H3. The second-order valence-corrected chi connectivity index (χ2v) is 4.34. The lowest BCUT2D eigenvalue weighted by molar-refractivity contribution is 0.470. The number of benzene rings is 1. The average molecular weight is 282 g/mol. The van der Waals surface area contributed by atoms with Gasteiger partial charge in [0.15, 0.2) is 4.67 Å². The van der Waals surface area contributed by atoms with E-state index in [0.717, 1.165) is 16.1 Å². The smallest absolute Gasteiger partial charge is 0.169 e. The van der Waals surface area contributed by atoms with Crippen LogP contribution in [0.4, 0.5) is 5.69 Å². The maximum atomic E-state index is 9.16. The highest BCUT2D eigenvalue weighted by atomic mass is 79.9. The highest BCUT2D eigenvalue weighted by Gasteiger charge is 2.09. The van der Waals surface area contributed by atoms with Crippen LogP contribution >= 0.6 is 15.9 Å². The molecular formula is C12H12BrNO2. The predicted octanol–water partition coefficient (Wildman–Crippen LogP) is 3.92. The van der Waals surface area contributed by atoms with Gasteiger partial charge in [-0.15, -0.1) is 0 Å². The van der Waals surface area contributed by atoms with Gasteiger partial charge in [-0.2, -0.15) is 0 Å². The van der Waals surface area contributed by atoms with E-state index in [4.69, 9.17) is 9.52 Å². The largest absolute Gasteiger partial charge is 0.508 e. The molecule has 2 aromatic rings. The molecule has 84 valence electrons. The molecule has 0 radical (unpaired) electrons. The molecule has 0 aliphatic rings. The van der Waals surface area contributed by atoms with Crippen molar-refractivity contribution in [3.63, 3.8) is 0 Å². The molecule has 1 atom stereocenters. The third-order valence-corrected chi connectivity index (χ3v) is 2.70. The summed E-state index contributed by atoms with van der Waals surface area (Å²) in [5, 5.41) is 12.4. The van der Waals surface area contributed by atoms with Gasteiger partial charge in [-0.05, 0) is 59.3 Å². The second kappa shape index (κ2) is 4.61. The minimum atomic E-state index is 0.0795. The van der Waals surface area contributed by atoms with E-state index in [1.165, 1.54) is 0 Å². The molecule has 1 unspecified atom stereocenters. The number of phenolic OH excluding ortho intramolecular Hbond substituents is 1. The van der Waals surface area contributed by atoms with Crippen LogP contribution in [0.1, 0.15) is 18.7 Å².